The normalized spacial score (nSPS) is 19.1. The number of likely N-dealkylation sites (tertiary alicyclic amines) is 2. The average molecular weight is 446 g/mol. The number of fused-ring (bicyclic) bond motifs is 1. The fourth-order valence-corrected chi connectivity index (χ4v) is 5.13. The molecule has 0 bridgehead atoms. The van der Waals surface area contributed by atoms with E-state index in [0.29, 0.717) is 18.5 Å². The quantitative estimate of drug-likeness (QED) is 0.662. The molecule has 2 amide bonds. The predicted octanol–water partition coefficient (Wildman–Crippen LogP) is 3.84. The lowest BCUT2D eigenvalue weighted by Crippen LogP contribution is -2.40. The molecule has 2 fully saturated rings. The molecule has 1 atom stereocenters. The maximum atomic E-state index is 13.1. The third-order valence-corrected chi connectivity index (χ3v) is 7.03. The van der Waals surface area contributed by atoms with Crippen LogP contribution in [-0.4, -0.2) is 62.7 Å². The molecule has 0 saturated carbocycles. The molecule has 7 heteroatoms. The van der Waals surface area contributed by atoms with Crippen molar-refractivity contribution in [3.05, 3.63) is 59.3 Å². The van der Waals surface area contributed by atoms with Crippen LogP contribution in [0.2, 0.25) is 0 Å². The summed E-state index contributed by atoms with van der Waals surface area (Å²) in [4.78, 5) is 42.4. The van der Waals surface area contributed by atoms with Crippen molar-refractivity contribution in [2.45, 2.75) is 51.4 Å². The van der Waals surface area contributed by atoms with E-state index in [1.54, 1.807) is 6.20 Å². The number of piperidine rings is 2. The van der Waals surface area contributed by atoms with Gasteiger partial charge in [-0.15, -0.1) is 0 Å². The standard InChI is InChI=1S/C26H31N5O2/c1-18-22(26(33)30-11-5-2-6-12-30)16-28-25(29-18)19-8-7-13-31(17-19)24(32)14-20-15-27-23-10-4-3-9-21(20)23/h3-4,9-10,15-16,19,27H,2,5-8,11-14,17H2,1H3. The first kappa shape index (κ1) is 21.6. The van der Waals surface area contributed by atoms with Gasteiger partial charge in [-0.1, -0.05) is 18.2 Å². The molecule has 172 valence electrons. The molecular formula is C26H31N5O2. The van der Waals surface area contributed by atoms with Crippen molar-refractivity contribution >= 4 is 22.7 Å². The highest BCUT2D eigenvalue weighted by Gasteiger charge is 2.28. The number of carbonyl (C=O) groups is 2. The van der Waals surface area contributed by atoms with Crippen molar-refractivity contribution in [3.63, 3.8) is 0 Å². The Hall–Kier alpha value is -3.22. The fraction of sp³-hybridized carbons (Fsp3) is 0.462. The molecule has 7 nitrogen and oxygen atoms in total. The lowest BCUT2D eigenvalue weighted by molar-refractivity contribution is -0.131. The van der Waals surface area contributed by atoms with E-state index < -0.39 is 0 Å². The van der Waals surface area contributed by atoms with Gasteiger partial charge in [-0.25, -0.2) is 9.97 Å². The van der Waals surface area contributed by atoms with Gasteiger partial charge in [0.2, 0.25) is 5.91 Å². The van der Waals surface area contributed by atoms with Crippen LogP contribution in [0.15, 0.2) is 36.7 Å². The Balaban J connectivity index is 1.27. The molecule has 33 heavy (non-hydrogen) atoms. The third-order valence-electron chi connectivity index (χ3n) is 7.03. The molecule has 3 aromatic rings. The lowest BCUT2D eigenvalue weighted by Gasteiger charge is -2.32. The van der Waals surface area contributed by atoms with Gasteiger partial charge in [0.15, 0.2) is 0 Å². The van der Waals surface area contributed by atoms with Gasteiger partial charge >= 0.3 is 0 Å². The third kappa shape index (κ3) is 4.49. The predicted molar refractivity (Wildman–Crippen MR) is 127 cm³/mol. The minimum atomic E-state index is 0.0397. The summed E-state index contributed by atoms with van der Waals surface area (Å²) in [7, 11) is 0. The number of hydrogen-bond acceptors (Lipinski definition) is 4. The number of carbonyl (C=O) groups excluding carboxylic acids is 2. The average Bonchev–Trinajstić information content (AvgIpc) is 3.27. The van der Waals surface area contributed by atoms with Crippen LogP contribution < -0.4 is 0 Å². The number of rotatable bonds is 4. The monoisotopic (exact) mass is 445 g/mol. The SMILES string of the molecule is Cc1nc(C2CCCN(C(=O)Cc3c[nH]c4ccccc34)C2)ncc1C(=O)N1CCCCC1. The summed E-state index contributed by atoms with van der Waals surface area (Å²) in [6, 6.07) is 8.07. The molecule has 2 aromatic heterocycles. The molecule has 1 N–H and O–H groups in total. The molecule has 0 aliphatic carbocycles. The van der Waals surface area contributed by atoms with Gasteiger partial charge in [-0.3, -0.25) is 9.59 Å². The zero-order chi connectivity index (χ0) is 22.8. The Morgan fingerprint density at radius 3 is 2.67 bits per heavy atom. The number of nitrogens with one attached hydrogen (secondary N) is 1. The molecule has 5 rings (SSSR count). The number of nitrogens with zero attached hydrogens (tertiary/aromatic N) is 4. The van der Waals surface area contributed by atoms with Crippen LogP contribution in [0.3, 0.4) is 0 Å². The number of para-hydroxylation sites is 1. The van der Waals surface area contributed by atoms with Crippen molar-refractivity contribution in [1.29, 1.82) is 0 Å². The summed E-state index contributed by atoms with van der Waals surface area (Å²) >= 11 is 0. The Morgan fingerprint density at radius 2 is 1.85 bits per heavy atom. The highest BCUT2D eigenvalue weighted by molar-refractivity contribution is 5.95. The van der Waals surface area contributed by atoms with Crippen molar-refractivity contribution in [2.24, 2.45) is 0 Å². The highest BCUT2D eigenvalue weighted by atomic mass is 16.2. The minimum absolute atomic E-state index is 0.0397. The van der Waals surface area contributed by atoms with E-state index in [2.05, 4.69) is 16.0 Å². The number of hydrogen-bond donors (Lipinski definition) is 1. The summed E-state index contributed by atoms with van der Waals surface area (Å²) in [5.74, 6) is 1.02. The van der Waals surface area contributed by atoms with Gasteiger partial charge in [0.25, 0.3) is 5.91 Å². The zero-order valence-corrected chi connectivity index (χ0v) is 19.2. The first-order valence-electron chi connectivity index (χ1n) is 12.1. The number of benzene rings is 1. The van der Waals surface area contributed by atoms with E-state index in [9.17, 15) is 9.59 Å². The molecule has 1 aromatic carbocycles. The van der Waals surface area contributed by atoms with Gasteiger partial charge < -0.3 is 14.8 Å². The first-order chi connectivity index (χ1) is 16.1. The van der Waals surface area contributed by atoms with E-state index in [1.165, 1.54) is 6.42 Å². The molecule has 2 saturated heterocycles. The van der Waals surface area contributed by atoms with Crippen molar-refractivity contribution < 1.29 is 9.59 Å². The number of aromatic amines is 1. The zero-order valence-electron chi connectivity index (χ0n) is 19.2. The van der Waals surface area contributed by atoms with Crippen LogP contribution in [-0.2, 0) is 11.2 Å². The lowest BCUT2D eigenvalue weighted by atomic mass is 9.96. The smallest absolute Gasteiger partial charge is 0.257 e. The van der Waals surface area contributed by atoms with Crippen LogP contribution in [0.25, 0.3) is 10.9 Å². The molecule has 4 heterocycles. The first-order valence-corrected chi connectivity index (χ1v) is 12.1. The van der Waals surface area contributed by atoms with E-state index in [0.717, 1.165) is 73.3 Å². The maximum absolute atomic E-state index is 13.1. The maximum Gasteiger partial charge on any atom is 0.257 e. The van der Waals surface area contributed by atoms with Crippen LogP contribution in [0.1, 0.15) is 65.5 Å². The summed E-state index contributed by atoms with van der Waals surface area (Å²) < 4.78 is 0. The Kier molecular flexibility index (Phi) is 6.11. The number of aromatic nitrogens is 3. The van der Waals surface area contributed by atoms with Crippen LogP contribution in [0.5, 0.6) is 0 Å². The van der Waals surface area contributed by atoms with Crippen LogP contribution in [0.4, 0.5) is 0 Å². The molecule has 0 radical (unpaired) electrons. The van der Waals surface area contributed by atoms with Crippen molar-refractivity contribution in [3.8, 4) is 0 Å². The largest absolute Gasteiger partial charge is 0.361 e. The second kappa shape index (κ2) is 9.33. The topological polar surface area (TPSA) is 82.2 Å². The van der Waals surface area contributed by atoms with Crippen LogP contribution in [0, 0.1) is 6.92 Å². The fourth-order valence-electron chi connectivity index (χ4n) is 5.13. The van der Waals surface area contributed by atoms with Crippen molar-refractivity contribution in [1.82, 2.24) is 24.8 Å². The summed E-state index contributed by atoms with van der Waals surface area (Å²) in [6.07, 6.45) is 9.23. The van der Waals surface area contributed by atoms with E-state index in [4.69, 9.17) is 4.98 Å². The van der Waals surface area contributed by atoms with Gasteiger partial charge in [-0.2, -0.15) is 0 Å². The Morgan fingerprint density at radius 1 is 1.06 bits per heavy atom. The highest BCUT2D eigenvalue weighted by Crippen LogP contribution is 2.27. The minimum Gasteiger partial charge on any atom is -0.361 e. The molecular weight excluding hydrogens is 414 g/mol. The summed E-state index contributed by atoms with van der Waals surface area (Å²) in [5, 5.41) is 1.10. The van der Waals surface area contributed by atoms with Gasteiger partial charge in [0.05, 0.1) is 17.7 Å². The number of amides is 2. The number of H-pyrrole nitrogens is 1. The second-order valence-corrected chi connectivity index (χ2v) is 9.30. The van der Waals surface area contributed by atoms with E-state index >= 15 is 0 Å². The number of aryl methyl sites for hydroxylation is 1. The van der Waals surface area contributed by atoms with Crippen LogP contribution >= 0.6 is 0 Å². The molecule has 1 unspecified atom stereocenters. The summed E-state index contributed by atoms with van der Waals surface area (Å²) in [6.45, 7) is 4.92. The molecule has 0 spiro atoms. The van der Waals surface area contributed by atoms with Crippen molar-refractivity contribution in [2.75, 3.05) is 26.2 Å². The Bertz CT molecular complexity index is 1160. The van der Waals surface area contributed by atoms with Gasteiger partial charge in [0, 0.05) is 55.4 Å². The summed E-state index contributed by atoms with van der Waals surface area (Å²) in [5.41, 5.74) is 3.42. The van der Waals surface area contributed by atoms with E-state index in [1.807, 2.05) is 41.1 Å². The molecule has 2 aliphatic rings. The van der Waals surface area contributed by atoms with Gasteiger partial charge in [0.1, 0.15) is 5.82 Å². The van der Waals surface area contributed by atoms with Gasteiger partial charge in [-0.05, 0) is 50.7 Å². The van der Waals surface area contributed by atoms with E-state index in [-0.39, 0.29) is 17.7 Å². The second-order valence-electron chi connectivity index (χ2n) is 9.30. The molecule has 2 aliphatic heterocycles. The Labute approximate surface area is 194 Å².